The minimum Gasteiger partial charge on any atom is -0.466 e. The molecule has 0 bridgehead atoms. The van der Waals surface area contributed by atoms with E-state index in [4.69, 9.17) is 19.9 Å². The van der Waals surface area contributed by atoms with Crippen molar-refractivity contribution in [2.24, 2.45) is 5.73 Å². The molecule has 0 aliphatic carbocycles. The second-order valence-corrected chi connectivity index (χ2v) is 3.29. The summed E-state index contributed by atoms with van der Waals surface area (Å²) in [5.41, 5.74) is 5.26. The minimum absolute atomic E-state index is 0.157. The van der Waals surface area contributed by atoms with Crippen molar-refractivity contribution < 1.29 is 19.0 Å². The first-order valence-corrected chi connectivity index (χ1v) is 5.82. The summed E-state index contributed by atoms with van der Waals surface area (Å²) in [6.45, 7) is 5.36. The quantitative estimate of drug-likeness (QED) is 0.420. The van der Waals surface area contributed by atoms with E-state index >= 15 is 0 Å². The number of rotatable bonds is 11. The van der Waals surface area contributed by atoms with Crippen LogP contribution in [0.5, 0.6) is 0 Å². The monoisotopic (exact) mass is 233 g/mol. The molecule has 0 aromatic carbocycles. The Balaban J connectivity index is 2.96. The van der Waals surface area contributed by atoms with Gasteiger partial charge < -0.3 is 19.9 Å². The molecule has 0 radical (unpaired) electrons. The molecular weight excluding hydrogens is 210 g/mol. The Morgan fingerprint density at radius 2 is 1.56 bits per heavy atom. The van der Waals surface area contributed by atoms with Crippen molar-refractivity contribution in [3.05, 3.63) is 0 Å². The molecule has 0 heterocycles. The topological polar surface area (TPSA) is 70.8 Å². The van der Waals surface area contributed by atoms with Gasteiger partial charge in [0.15, 0.2) is 0 Å². The van der Waals surface area contributed by atoms with Gasteiger partial charge in [-0.3, -0.25) is 4.79 Å². The average Bonchev–Trinajstić information content (AvgIpc) is 2.31. The van der Waals surface area contributed by atoms with Gasteiger partial charge in [-0.2, -0.15) is 0 Å². The third-order valence-corrected chi connectivity index (χ3v) is 1.82. The second-order valence-electron chi connectivity index (χ2n) is 3.29. The molecule has 0 aromatic rings. The number of hydrogen-bond acceptors (Lipinski definition) is 5. The van der Waals surface area contributed by atoms with Crippen molar-refractivity contribution in [3.63, 3.8) is 0 Å². The fourth-order valence-electron chi connectivity index (χ4n) is 1.000. The van der Waals surface area contributed by atoms with Gasteiger partial charge in [-0.15, -0.1) is 0 Å². The lowest BCUT2D eigenvalue weighted by atomic mass is 10.4. The lowest BCUT2D eigenvalue weighted by Crippen LogP contribution is -2.11. The largest absolute Gasteiger partial charge is 0.466 e. The summed E-state index contributed by atoms with van der Waals surface area (Å²) in [6, 6.07) is 0. The summed E-state index contributed by atoms with van der Waals surface area (Å²) in [5, 5.41) is 0. The molecule has 2 N–H and O–H groups in total. The van der Waals surface area contributed by atoms with E-state index in [2.05, 4.69) is 0 Å². The highest BCUT2D eigenvalue weighted by Crippen LogP contribution is 1.90. The predicted molar refractivity (Wildman–Crippen MR) is 61.2 cm³/mol. The minimum atomic E-state index is -0.157. The maximum absolute atomic E-state index is 10.8. The van der Waals surface area contributed by atoms with Crippen LogP contribution < -0.4 is 5.73 Å². The van der Waals surface area contributed by atoms with Crippen molar-refractivity contribution in [1.82, 2.24) is 0 Å². The number of nitrogens with two attached hydrogens (primary N) is 1. The zero-order chi connectivity index (χ0) is 12.1. The van der Waals surface area contributed by atoms with Crippen LogP contribution in [0, 0.1) is 0 Å². The number of esters is 1. The molecular formula is C11H23NO4. The molecule has 0 unspecified atom stereocenters. The Morgan fingerprint density at radius 3 is 2.12 bits per heavy atom. The first-order chi connectivity index (χ1) is 7.81. The summed E-state index contributed by atoms with van der Waals surface area (Å²) in [7, 11) is 0. The van der Waals surface area contributed by atoms with Crippen LogP contribution in [0.1, 0.15) is 26.2 Å². The van der Waals surface area contributed by atoms with Gasteiger partial charge in [0.2, 0.25) is 0 Å². The molecule has 5 nitrogen and oxygen atoms in total. The van der Waals surface area contributed by atoms with E-state index in [0.29, 0.717) is 46.0 Å². The highest BCUT2D eigenvalue weighted by molar-refractivity contribution is 5.68. The van der Waals surface area contributed by atoms with Crippen molar-refractivity contribution in [1.29, 1.82) is 0 Å². The van der Waals surface area contributed by atoms with Crippen molar-refractivity contribution in [2.75, 3.05) is 39.6 Å². The van der Waals surface area contributed by atoms with Gasteiger partial charge in [-0.25, -0.2) is 0 Å². The summed E-state index contributed by atoms with van der Waals surface area (Å²) in [5.74, 6) is -0.157. The Bertz CT molecular complexity index is 164. The van der Waals surface area contributed by atoms with E-state index in [1.54, 1.807) is 6.92 Å². The third kappa shape index (κ3) is 11.4. The summed E-state index contributed by atoms with van der Waals surface area (Å²) in [4.78, 5) is 10.8. The molecule has 0 spiro atoms. The summed E-state index contributed by atoms with van der Waals surface area (Å²) < 4.78 is 15.4. The fraction of sp³-hybridized carbons (Fsp3) is 0.909. The number of carbonyl (C=O) groups is 1. The van der Waals surface area contributed by atoms with Crippen LogP contribution in [0.4, 0.5) is 0 Å². The Kier molecular flexibility index (Phi) is 11.9. The first-order valence-electron chi connectivity index (χ1n) is 5.82. The van der Waals surface area contributed by atoms with Gasteiger partial charge in [0.1, 0.15) is 0 Å². The standard InChI is InChI=1S/C11H23NO4/c1-2-11(13)16-9-4-8-14-6-3-7-15-10-5-12/h2-10,12H2,1H3. The predicted octanol–water partition coefficient (Wildman–Crippen LogP) is 0.712. The van der Waals surface area contributed by atoms with Gasteiger partial charge in [0.25, 0.3) is 0 Å². The van der Waals surface area contributed by atoms with Crippen LogP contribution in [0.3, 0.4) is 0 Å². The van der Waals surface area contributed by atoms with Crippen LogP contribution in [0.2, 0.25) is 0 Å². The molecule has 0 amide bonds. The molecule has 0 saturated heterocycles. The molecule has 5 heteroatoms. The molecule has 0 rings (SSSR count). The lowest BCUT2D eigenvalue weighted by Gasteiger charge is -2.05. The van der Waals surface area contributed by atoms with Crippen LogP contribution in [0.15, 0.2) is 0 Å². The molecule has 96 valence electrons. The van der Waals surface area contributed by atoms with Crippen LogP contribution in [-0.4, -0.2) is 45.5 Å². The maximum Gasteiger partial charge on any atom is 0.305 e. The smallest absolute Gasteiger partial charge is 0.305 e. The fourth-order valence-corrected chi connectivity index (χ4v) is 1.000. The zero-order valence-electron chi connectivity index (χ0n) is 10.1. The molecule has 0 atom stereocenters. The van der Waals surface area contributed by atoms with Crippen molar-refractivity contribution in [3.8, 4) is 0 Å². The number of carbonyl (C=O) groups excluding carboxylic acids is 1. The SMILES string of the molecule is CCC(=O)OCCCOCCCOCCN. The Hall–Kier alpha value is -0.650. The van der Waals surface area contributed by atoms with E-state index in [1.165, 1.54) is 0 Å². The summed E-state index contributed by atoms with van der Waals surface area (Å²) in [6.07, 6.45) is 2.05. The number of ether oxygens (including phenoxy) is 3. The van der Waals surface area contributed by atoms with Gasteiger partial charge in [-0.05, 0) is 6.42 Å². The average molecular weight is 233 g/mol. The Morgan fingerprint density at radius 1 is 1.00 bits per heavy atom. The maximum atomic E-state index is 10.8. The normalized spacial score (nSPS) is 10.4. The highest BCUT2D eigenvalue weighted by atomic mass is 16.5. The third-order valence-electron chi connectivity index (χ3n) is 1.82. The van der Waals surface area contributed by atoms with E-state index in [1.807, 2.05) is 0 Å². The van der Waals surface area contributed by atoms with Gasteiger partial charge in [0, 0.05) is 39.2 Å². The lowest BCUT2D eigenvalue weighted by molar-refractivity contribution is -0.143. The van der Waals surface area contributed by atoms with Crippen LogP contribution in [-0.2, 0) is 19.0 Å². The van der Waals surface area contributed by atoms with E-state index < -0.39 is 0 Å². The van der Waals surface area contributed by atoms with E-state index in [-0.39, 0.29) is 5.97 Å². The number of hydrogen-bond donors (Lipinski definition) is 1. The zero-order valence-corrected chi connectivity index (χ0v) is 10.1. The van der Waals surface area contributed by atoms with Crippen LogP contribution >= 0.6 is 0 Å². The van der Waals surface area contributed by atoms with Crippen LogP contribution in [0.25, 0.3) is 0 Å². The molecule has 0 aliphatic heterocycles. The molecule has 0 fully saturated rings. The Labute approximate surface area is 97.2 Å². The van der Waals surface area contributed by atoms with Crippen molar-refractivity contribution >= 4 is 5.97 Å². The summed E-state index contributed by atoms with van der Waals surface area (Å²) >= 11 is 0. The van der Waals surface area contributed by atoms with Gasteiger partial charge in [-0.1, -0.05) is 6.92 Å². The van der Waals surface area contributed by atoms with Gasteiger partial charge >= 0.3 is 5.97 Å². The second kappa shape index (κ2) is 12.4. The van der Waals surface area contributed by atoms with Gasteiger partial charge in [0.05, 0.1) is 13.2 Å². The first kappa shape index (κ1) is 15.3. The highest BCUT2D eigenvalue weighted by Gasteiger charge is 1.97. The van der Waals surface area contributed by atoms with E-state index in [0.717, 1.165) is 12.8 Å². The molecule has 16 heavy (non-hydrogen) atoms. The van der Waals surface area contributed by atoms with Crippen molar-refractivity contribution in [2.45, 2.75) is 26.2 Å². The molecule has 0 aliphatic rings. The molecule has 0 saturated carbocycles. The molecule has 0 aromatic heterocycles. The van der Waals surface area contributed by atoms with E-state index in [9.17, 15) is 4.79 Å².